The summed E-state index contributed by atoms with van der Waals surface area (Å²) in [5.74, 6) is 0. The zero-order valence-corrected chi connectivity index (χ0v) is 7.85. The molecule has 0 aromatic carbocycles. The van der Waals surface area contributed by atoms with E-state index in [4.69, 9.17) is 19.2 Å². The minimum atomic E-state index is -4.64. The van der Waals surface area contributed by atoms with Gasteiger partial charge in [-0.25, -0.2) is 4.57 Å². The van der Waals surface area contributed by atoms with Gasteiger partial charge in [0.2, 0.25) is 0 Å². The summed E-state index contributed by atoms with van der Waals surface area (Å²) in [5, 5.41) is 0. The summed E-state index contributed by atoms with van der Waals surface area (Å²) in [7, 11) is -4.64. The van der Waals surface area contributed by atoms with Crippen molar-refractivity contribution in [3.63, 3.8) is 0 Å². The molecule has 7 heteroatoms. The first-order chi connectivity index (χ1) is 2.00. The van der Waals surface area contributed by atoms with Crippen molar-refractivity contribution in [3.8, 4) is 0 Å². The zero-order chi connectivity index (χ0) is 4.50. The van der Waals surface area contributed by atoms with Crippen LogP contribution in [0.1, 0.15) is 2.85 Å². The second-order valence-corrected chi connectivity index (χ2v) is 1.54. The molecule has 0 atom stereocenters. The van der Waals surface area contributed by atoms with Gasteiger partial charge in [-0.15, -0.1) is 0 Å². The summed E-state index contributed by atoms with van der Waals surface area (Å²) in [6, 6.07) is 0. The van der Waals surface area contributed by atoms with Crippen molar-refractivity contribution in [1.29, 1.82) is 0 Å². The van der Waals surface area contributed by atoms with E-state index in [1.807, 2.05) is 0 Å². The molecule has 0 amide bonds. The molecule has 3 N–H and O–H groups in total. The fourth-order valence-electron chi connectivity index (χ4n) is 0. The largest absolute Gasteiger partial charge is 2.00 e. The molecule has 0 bridgehead atoms. The van der Waals surface area contributed by atoms with Gasteiger partial charge in [0.1, 0.15) is 0 Å². The standard InChI is InChI=1S/B.H3O4P.Sr.2H/c;1-5(2,3)4;;;/h;(H3,1,2,3,4);;;/q;;+2;2*-1. The minimum Gasteiger partial charge on any atom is -1.00 e. The van der Waals surface area contributed by atoms with Crippen molar-refractivity contribution < 1.29 is 22.1 Å². The van der Waals surface area contributed by atoms with Crippen molar-refractivity contribution in [1.82, 2.24) is 0 Å². The molecule has 0 unspecified atom stereocenters. The van der Waals surface area contributed by atoms with Crippen LogP contribution in [0.3, 0.4) is 0 Å². The third-order valence-corrected chi connectivity index (χ3v) is 0. The van der Waals surface area contributed by atoms with Gasteiger partial charge in [-0.3, -0.25) is 0 Å². The molecule has 7 heavy (non-hydrogen) atoms. The average Bonchev–Trinajstić information content (AvgIpc) is 0.722. The van der Waals surface area contributed by atoms with Gasteiger partial charge in [0, 0.05) is 8.41 Å². The topological polar surface area (TPSA) is 77.8 Å². The molecule has 0 aromatic rings. The van der Waals surface area contributed by atoms with E-state index in [0.29, 0.717) is 0 Å². The number of phosphoric acid groups is 1. The van der Waals surface area contributed by atoms with Gasteiger partial charge in [0.25, 0.3) is 0 Å². The summed E-state index contributed by atoms with van der Waals surface area (Å²) in [4.78, 5) is 21.6. The molecule has 39 valence electrons. The first-order valence-corrected chi connectivity index (χ1v) is 2.35. The van der Waals surface area contributed by atoms with Crippen LogP contribution >= 0.6 is 7.82 Å². The molecule has 3 radical (unpaired) electrons. The van der Waals surface area contributed by atoms with Crippen LogP contribution in [-0.2, 0) is 4.57 Å². The first kappa shape index (κ1) is 15.9. The van der Waals surface area contributed by atoms with Crippen LogP contribution in [-0.4, -0.2) is 68.6 Å². The Morgan fingerprint density at radius 2 is 1.29 bits per heavy atom. The van der Waals surface area contributed by atoms with Gasteiger partial charge in [-0.05, 0) is 0 Å². The fourth-order valence-corrected chi connectivity index (χ4v) is 0. The van der Waals surface area contributed by atoms with Crippen LogP contribution in [0.4, 0.5) is 0 Å². The zero-order valence-electron chi connectivity index (χ0n) is 5.48. The van der Waals surface area contributed by atoms with E-state index in [2.05, 4.69) is 0 Å². The van der Waals surface area contributed by atoms with Crippen LogP contribution in [0.5, 0.6) is 0 Å². The second-order valence-electron chi connectivity index (χ2n) is 0.513. The van der Waals surface area contributed by atoms with E-state index >= 15 is 0 Å². The number of hydrogen-bond donors (Lipinski definition) is 3. The maximum Gasteiger partial charge on any atom is 2.00 e. The summed E-state index contributed by atoms with van der Waals surface area (Å²) in [6.07, 6.45) is 0. The predicted molar refractivity (Wildman–Crippen MR) is 28.0 cm³/mol. The normalized spacial score (nSPS) is 8.43. The van der Waals surface area contributed by atoms with E-state index in [1.165, 1.54) is 0 Å². The van der Waals surface area contributed by atoms with Gasteiger partial charge >= 0.3 is 53.3 Å². The van der Waals surface area contributed by atoms with Crippen molar-refractivity contribution in [2.75, 3.05) is 0 Å². The summed E-state index contributed by atoms with van der Waals surface area (Å²) >= 11 is 0. The molecule has 0 aliphatic heterocycles. The SMILES string of the molecule is O=P(O)(O)O.[B].[H-].[H-].[Sr+2]. The molecule has 0 aliphatic rings. The van der Waals surface area contributed by atoms with Crippen LogP contribution < -0.4 is 0 Å². The van der Waals surface area contributed by atoms with Gasteiger partial charge in [0.15, 0.2) is 0 Å². The van der Waals surface area contributed by atoms with Gasteiger partial charge in [-0.2, -0.15) is 0 Å². The molecule has 0 saturated carbocycles. The van der Waals surface area contributed by atoms with Gasteiger partial charge in [0.05, 0.1) is 0 Å². The summed E-state index contributed by atoms with van der Waals surface area (Å²) in [5.41, 5.74) is 0. The van der Waals surface area contributed by atoms with E-state index < -0.39 is 7.82 Å². The fraction of sp³-hybridized carbons (Fsp3) is 0. The van der Waals surface area contributed by atoms with Gasteiger partial charge in [-0.1, -0.05) is 0 Å². The Hall–Kier alpha value is 1.66. The quantitative estimate of drug-likeness (QED) is 0.328. The van der Waals surface area contributed by atoms with E-state index in [-0.39, 0.29) is 56.7 Å². The molecule has 0 aliphatic carbocycles. The molecule has 4 nitrogen and oxygen atoms in total. The van der Waals surface area contributed by atoms with Crippen LogP contribution in [0.2, 0.25) is 0 Å². The average molecular weight is 198 g/mol. The molecule has 0 rings (SSSR count). The molecule has 0 saturated heterocycles. The Balaban J connectivity index is -0.0000000133. The van der Waals surface area contributed by atoms with E-state index in [0.717, 1.165) is 0 Å². The van der Waals surface area contributed by atoms with Crippen LogP contribution in [0.25, 0.3) is 0 Å². The Morgan fingerprint density at radius 1 is 1.29 bits per heavy atom. The Morgan fingerprint density at radius 3 is 1.29 bits per heavy atom. The number of rotatable bonds is 0. The number of hydrogen-bond acceptors (Lipinski definition) is 1. The molecular weight excluding hydrogens is 193 g/mol. The van der Waals surface area contributed by atoms with Gasteiger partial charge < -0.3 is 17.5 Å². The predicted octanol–water partition coefficient (Wildman–Crippen LogP) is -1.47. The smallest absolute Gasteiger partial charge is 1.00 e. The van der Waals surface area contributed by atoms with Crippen molar-refractivity contribution in [3.05, 3.63) is 0 Å². The Kier molecular flexibility index (Phi) is 13.1. The van der Waals surface area contributed by atoms with E-state index in [9.17, 15) is 0 Å². The molecule has 0 heterocycles. The molecule has 0 spiro atoms. The van der Waals surface area contributed by atoms with Crippen LogP contribution in [0, 0.1) is 0 Å². The Bertz CT molecular complexity index is 64.7. The summed E-state index contributed by atoms with van der Waals surface area (Å²) in [6.45, 7) is 0. The maximum absolute atomic E-state index is 8.88. The van der Waals surface area contributed by atoms with Crippen LogP contribution in [0.15, 0.2) is 0 Å². The van der Waals surface area contributed by atoms with E-state index in [1.54, 1.807) is 0 Å². The minimum absolute atomic E-state index is 0. The van der Waals surface area contributed by atoms with Crippen molar-refractivity contribution in [2.45, 2.75) is 0 Å². The molecule has 0 aromatic heterocycles. The molecular formula is H5BO4PSr. The maximum atomic E-state index is 8.88. The summed E-state index contributed by atoms with van der Waals surface area (Å²) < 4.78 is 8.88. The third kappa shape index (κ3) is 89.3. The molecule has 0 fully saturated rings. The first-order valence-electron chi connectivity index (χ1n) is 0.783. The third-order valence-electron chi connectivity index (χ3n) is 0. The van der Waals surface area contributed by atoms with Crippen molar-refractivity contribution >= 4 is 61.7 Å². The van der Waals surface area contributed by atoms with Crippen molar-refractivity contribution in [2.24, 2.45) is 0 Å². The Labute approximate surface area is 83.0 Å². The second kappa shape index (κ2) is 5.79. The monoisotopic (exact) mass is 199 g/mol.